The average molecular weight is 480 g/mol. The summed E-state index contributed by atoms with van der Waals surface area (Å²) in [5.41, 5.74) is 2.60. The number of aryl methyl sites for hydroxylation is 2. The van der Waals surface area contributed by atoms with Gasteiger partial charge in [-0.15, -0.1) is 0 Å². The summed E-state index contributed by atoms with van der Waals surface area (Å²) in [6, 6.07) is 13.3. The molecule has 2 amide bonds. The first kappa shape index (κ1) is 23.1. The van der Waals surface area contributed by atoms with E-state index >= 15 is 0 Å². The van der Waals surface area contributed by atoms with Crippen LogP contribution in [0.15, 0.2) is 59.2 Å². The third-order valence-electron chi connectivity index (χ3n) is 5.23. The number of hydrogen-bond acceptors (Lipinski definition) is 5. The van der Waals surface area contributed by atoms with Crippen LogP contribution in [0.4, 0.5) is 15.8 Å². The summed E-state index contributed by atoms with van der Waals surface area (Å²) in [6.45, 7) is 3.93. The van der Waals surface area contributed by atoms with Crippen molar-refractivity contribution in [2.24, 2.45) is 0 Å². The van der Waals surface area contributed by atoms with Crippen LogP contribution < -0.4 is 10.6 Å². The van der Waals surface area contributed by atoms with E-state index in [0.717, 1.165) is 11.1 Å². The Morgan fingerprint density at radius 3 is 2.59 bits per heavy atom. The first-order chi connectivity index (χ1) is 16.3. The molecule has 34 heavy (non-hydrogen) atoms. The van der Waals surface area contributed by atoms with E-state index in [-0.39, 0.29) is 18.0 Å². The first-order valence-electron chi connectivity index (χ1n) is 10.5. The lowest BCUT2D eigenvalue weighted by Gasteiger charge is -2.11. The summed E-state index contributed by atoms with van der Waals surface area (Å²) < 4.78 is 21.5. The van der Waals surface area contributed by atoms with E-state index in [1.165, 1.54) is 30.5 Å². The molecule has 0 aliphatic carbocycles. The summed E-state index contributed by atoms with van der Waals surface area (Å²) in [4.78, 5) is 24.9. The number of aromatic amines is 1. The molecule has 0 aliphatic heterocycles. The molecule has 0 unspecified atom stereocenters. The molecule has 2 aromatic heterocycles. The third kappa shape index (κ3) is 5.12. The molecular weight excluding hydrogens is 457 g/mol. The number of amides is 2. The highest BCUT2D eigenvalue weighted by Gasteiger charge is 2.15. The van der Waals surface area contributed by atoms with Gasteiger partial charge in [0, 0.05) is 24.2 Å². The minimum absolute atomic E-state index is 0.0536. The molecule has 0 spiro atoms. The molecule has 0 saturated carbocycles. The zero-order valence-corrected chi connectivity index (χ0v) is 19.3. The second kappa shape index (κ2) is 9.84. The van der Waals surface area contributed by atoms with Gasteiger partial charge in [-0.05, 0) is 50.3 Å². The van der Waals surface area contributed by atoms with Crippen molar-refractivity contribution >= 4 is 35.4 Å². The van der Waals surface area contributed by atoms with Gasteiger partial charge in [0.2, 0.25) is 5.91 Å². The van der Waals surface area contributed by atoms with Gasteiger partial charge in [0.05, 0.1) is 17.5 Å². The number of hydrogen-bond donors (Lipinski definition) is 3. The first-order valence-corrected chi connectivity index (χ1v) is 10.9. The van der Waals surface area contributed by atoms with Gasteiger partial charge in [-0.2, -0.15) is 5.10 Å². The van der Waals surface area contributed by atoms with Crippen LogP contribution >= 0.6 is 12.2 Å². The van der Waals surface area contributed by atoms with Crippen LogP contribution in [-0.4, -0.2) is 26.6 Å². The number of carbonyl (C=O) groups excluding carboxylic acids is 2. The van der Waals surface area contributed by atoms with Crippen molar-refractivity contribution in [1.29, 1.82) is 0 Å². The average Bonchev–Trinajstić information content (AvgIpc) is 3.40. The fourth-order valence-electron chi connectivity index (χ4n) is 3.39. The monoisotopic (exact) mass is 479 g/mol. The normalized spacial score (nSPS) is 10.8. The summed E-state index contributed by atoms with van der Waals surface area (Å²) in [6.07, 6.45) is 1.49. The van der Waals surface area contributed by atoms with Gasteiger partial charge in [0.25, 0.3) is 5.91 Å². The molecule has 0 saturated heterocycles. The fourth-order valence-corrected chi connectivity index (χ4v) is 3.62. The second-order valence-electron chi connectivity index (χ2n) is 7.71. The zero-order valence-electron chi connectivity index (χ0n) is 18.5. The Balaban J connectivity index is 1.42. The van der Waals surface area contributed by atoms with E-state index in [4.69, 9.17) is 16.6 Å². The summed E-state index contributed by atoms with van der Waals surface area (Å²) in [5, 5.41) is 12.3. The van der Waals surface area contributed by atoms with Crippen molar-refractivity contribution < 1.29 is 18.4 Å². The number of nitrogens with one attached hydrogen (secondary N) is 3. The molecular formula is C24H22FN5O3S. The van der Waals surface area contributed by atoms with Crippen molar-refractivity contribution in [2.75, 3.05) is 10.6 Å². The van der Waals surface area contributed by atoms with Gasteiger partial charge in [0.15, 0.2) is 10.6 Å². The molecule has 0 bridgehead atoms. The molecule has 4 rings (SSSR count). The lowest BCUT2D eigenvalue weighted by molar-refractivity contribution is -0.116. The summed E-state index contributed by atoms with van der Waals surface area (Å²) in [5.74, 6) is -0.372. The van der Waals surface area contributed by atoms with Gasteiger partial charge >= 0.3 is 0 Å². The quantitative estimate of drug-likeness (QED) is 0.315. The van der Waals surface area contributed by atoms with Crippen molar-refractivity contribution in [3.63, 3.8) is 0 Å². The Labute approximate surface area is 199 Å². The SMILES string of the molecule is Cc1ccc(-c2n[nH]c(=S)n2CCC(=O)Nc2ccc(F)c(NC(=O)c3ccoc3C)c2)cc1. The lowest BCUT2D eigenvalue weighted by Crippen LogP contribution is -2.16. The summed E-state index contributed by atoms with van der Waals surface area (Å²) >= 11 is 5.32. The highest BCUT2D eigenvalue weighted by atomic mass is 32.1. The van der Waals surface area contributed by atoms with E-state index < -0.39 is 11.7 Å². The van der Waals surface area contributed by atoms with Gasteiger partial charge < -0.3 is 15.1 Å². The molecule has 2 aromatic carbocycles. The topological polar surface area (TPSA) is 105 Å². The standard InChI is InChI=1S/C24H22FN5O3S/c1-14-3-5-16(6-4-14)22-28-29-24(34)30(22)11-9-21(31)26-17-7-8-19(25)20(13-17)27-23(32)18-10-12-33-15(18)2/h3-8,10,12-13H,9,11H2,1-2H3,(H,26,31)(H,27,32)(H,29,34). The predicted molar refractivity (Wildman–Crippen MR) is 129 cm³/mol. The molecule has 2 heterocycles. The third-order valence-corrected chi connectivity index (χ3v) is 5.54. The van der Waals surface area contributed by atoms with E-state index in [1.807, 2.05) is 31.2 Å². The van der Waals surface area contributed by atoms with Gasteiger partial charge in [-0.25, -0.2) is 4.39 Å². The van der Waals surface area contributed by atoms with Crippen molar-refractivity contribution in [3.05, 3.63) is 82.3 Å². The number of anilines is 2. The Bertz CT molecular complexity index is 1400. The second-order valence-corrected chi connectivity index (χ2v) is 8.09. The van der Waals surface area contributed by atoms with E-state index in [9.17, 15) is 14.0 Å². The zero-order chi connectivity index (χ0) is 24.2. The number of halogens is 1. The molecule has 3 N–H and O–H groups in total. The van der Waals surface area contributed by atoms with Crippen molar-refractivity contribution in [3.8, 4) is 11.4 Å². The molecule has 0 aliphatic rings. The van der Waals surface area contributed by atoms with Gasteiger partial charge in [-0.3, -0.25) is 19.3 Å². The van der Waals surface area contributed by atoms with Crippen LogP contribution in [0.3, 0.4) is 0 Å². The Kier molecular flexibility index (Phi) is 6.69. The molecule has 0 atom stereocenters. The minimum atomic E-state index is -0.625. The highest BCUT2D eigenvalue weighted by Crippen LogP contribution is 2.22. The maximum Gasteiger partial charge on any atom is 0.259 e. The molecule has 8 nitrogen and oxygen atoms in total. The number of aromatic nitrogens is 3. The molecule has 174 valence electrons. The van der Waals surface area contributed by atoms with Gasteiger partial charge in [0.1, 0.15) is 11.6 Å². The number of furan rings is 1. The number of nitrogens with zero attached hydrogens (tertiary/aromatic N) is 2. The highest BCUT2D eigenvalue weighted by molar-refractivity contribution is 7.71. The smallest absolute Gasteiger partial charge is 0.259 e. The van der Waals surface area contributed by atoms with E-state index in [1.54, 1.807) is 11.5 Å². The van der Waals surface area contributed by atoms with Crippen molar-refractivity contribution in [2.45, 2.75) is 26.8 Å². The maximum atomic E-state index is 14.2. The predicted octanol–water partition coefficient (Wildman–Crippen LogP) is 5.24. The van der Waals surface area contributed by atoms with Crippen LogP contribution in [0.5, 0.6) is 0 Å². The maximum absolute atomic E-state index is 14.2. The molecule has 0 radical (unpaired) electrons. The van der Waals surface area contributed by atoms with E-state index in [0.29, 0.717) is 34.2 Å². The fraction of sp³-hybridized carbons (Fsp3) is 0.167. The Hall–Kier alpha value is -4.05. The number of carbonyl (C=O) groups is 2. The number of benzene rings is 2. The van der Waals surface area contributed by atoms with E-state index in [2.05, 4.69) is 20.8 Å². The van der Waals surface area contributed by atoms with Crippen LogP contribution in [-0.2, 0) is 11.3 Å². The largest absolute Gasteiger partial charge is 0.469 e. The number of H-pyrrole nitrogens is 1. The minimum Gasteiger partial charge on any atom is -0.469 e. The lowest BCUT2D eigenvalue weighted by atomic mass is 10.1. The molecule has 10 heteroatoms. The van der Waals surface area contributed by atoms with Gasteiger partial charge in [-0.1, -0.05) is 29.8 Å². The van der Waals surface area contributed by atoms with Crippen molar-refractivity contribution in [1.82, 2.24) is 14.8 Å². The summed E-state index contributed by atoms with van der Waals surface area (Å²) in [7, 11) is 0. The van der Waals surface area contributed by atoms with Crippen LogP contribution in [0, 0.1) is 24.4 Å². The molecule has 0 fully saturated rings. The molecule has 4 aromatic rings. The Morgan fingerprint density at radius 2 is 1.88 bits per heavy atom. The van der Waals surface area contributed by atoms with Crippen LogP contribution in [0.25, 0.3) is 11.4 Å². The van der Waals surface area contributed by atoms with Crippen LogP contribution in [0.2, 0.25) is 0 Å². The van der Waals surface area contributed by atoms with Crippen LogP contribution in [0.1, 0.15) is 28.1 Å². The number of rotatable bonds is 7. The Morgan fingerprint density at radius 1 is 1.12 bits per heavy atom.